The monoisotopic (exact) mass is 429 g/mol. The molecule has 4 fully saturated rings. The van der Waals surface area contributed by atoms with Crippen LogP contribution in [0.4, 0.5) is 5.69 Å². The number of carbonyl (C=O) groups excluding carboxylic acids is 1. The van der Waals surface area contributed by atoms with Crippen molar-refractivity contribution in [2.45, 2.75) is 45.4 Å². The summed E-state index contributed by atoms with van der Waals surface area (Å²) in [7, 11) is 0. The Morgan fingerprint density at radius 1 is 1.00 bits per heavy atom. The van der Waals surface area contributed by atoms with Crippen LogP contribution in [0.1, 0.15) is 44.3 Å². The van der Waals surface area contributed by atoms with E-state index in [0.717, 1.165) is 48.5 Å². The predicted molar refractivity (Wildman–Crippen MR) is 120 cm³/mol. The lowest BCUT2D eigenvalue weighted by Gasteiger charge is -2.55. The zero-order valence-corrected chi connectivity index (χ0v) is 18.2. The van der Waals surface area contributed by atoms with Crippen LogP contribution < -0.4 is 10.1 Å². The summed E-state index contributed by atoms with van der Waals surface area (Å²) in [5.74, 6) is 5.08. The lowest BCUT2D eigenvalue weighted by molar-refractivity contribution is -0.140. The zero-order valence-electron chi connectivity index (χ0n) is 18.2. The number of rotatable bonds is 5. The first-order valence-corrected chi connectivity index (χ1v) is 11.5. The van der Waals surface area contributed by atoms with Gasteiger partial charge in [0.1, 0.15) is 11.6 Å². The summed E-state index contributed by atoms with van der Waals surface area (Å²) in [6, 6.07) is 11.1. The number of amides is 1. The van der Waals surface area contributed by atoms with Crippen LogP contribution in [0, 0.1) is 30.1 Å². The van der Waals surface area contributed by atoms with Gasteiger partial charge in [-0.1, -0.05) is 0 Å². The van der Waals surface area contributed by atoms with Crippen molar-refractivity contribution in [3.63, 3.8) is 0 Å². The van der Waals surface area contributed by atoms with Gasteiger partial charge in [0.15, 0.2) is 5.82 Å². The lowest BCUT2D eigenvalue weighted by atomic mass is 9.49. The maximum absolute atomic E-state index is 13.2. The molecule has 0 saturated heterocycles. The zero-order chi connectivity index (χ0) is 21.7. The van der Waals surface area contributed by atoms with Crippen molar-refractivity contribution in [3.05, 3.63) is 54.6 Å². The molecule has 1 aromatic carbocycles. The van der Waals surface area contributed by atoms with Gasteiger partial charge in [-0.25, -0.2) is 4.98 Å². The van der Waals surface area contributed by atoms with Crippen LogP contribution in [0.2, 0.25) is 0 Å². The first kappa shape index (κ1) is 19.5. The van der Waals surface area contributed by atoms with E-state index >= 15 is 0 Å². The molecule has 7 heteroatoms. The number of carbonyl (C=O) groups is 1. The fraction of sp³-hybridized carbons (Fsp3) is 0.440. The Labute approximate surface area is 187 Å². The minimum Gasteiger partial charge on any atom is -0.438 e. The summed E-state index contributed by atoms with van der Waals surface area (Å²) in [5.41, 5.74) is 0.671. The number of imidazole rings is 1. The molecule has 1 amide bonds. The number of nitrogens with one attached hydrogen (secondary N) is 1. The van der Waals surface area contributed by atoms with E-state index in [1.54, 1.807) is 12.3 Å². The lowest BCUT2D eigenvalue weighted by Crippen LogP contribution is -2.51. The fourth-order valence-electron chi connectivity index (χ4n) is 6.50. The fourth-order valence-corrected chi connectivity index (χ4v) is 6.50. The van der Waals surface area contributed by atoms with Crippen molar-refractivity contribution in [3.8, 4) is 17.4 Å². The van der Waals surface area contributed by atoms with Gasteiger partial charge in [-0.2, -0.15) is 0 Å². The highest BCUT2D eigenvalue weighted by molar-refractivity contribution is 5.95. The number of hydrogen-bond donors (Lipinski definition) is 1. The second-order valence-electron chi connectivity index (χ2n) is 9.85. The van der Waals surface area contributed by atoms with Gasteiger partial charge in [0.05, 0.1) is 5.41 Å². The van der Waals surface area contributed by atoms with Crippen LogP contribution in [0.3, 0.4) is 0 Å². The summed E-state index contributed by atoms with van der Waals surface area (Å²) >= 11 is 0. The van der Waals surface area contributed by atoms with Gasteiger partial charge in [0.2, 0.25) is 11.8 Å². The van der Waals surface area contributed by atoms with Gasteiger partial charge < -0.3 is 10.1 Å². The normalized spacial score (nSPS) is 28.0. The number of hydrogen-bond acceptors (Lipinski definition) is 5. The molecular formula is C25H27N5O2. The Balaban J connectivity index is 1.11. The number of benzene rings is 1. The van der Waals surface area contributed by atoms with E-state index in [0.29, 0.717) is 17.4 Å². The average Bonchev–Trinajstić information content (AvgIpc) is 3.20. The van der Waals surface area contributed by atoms with Gasteiger partial charge in [-0.15, -0.1) is 10.2 Å². The second kappa shape index (κ2) is 7.43. The quantitative estimate of drug-likeness (QED) is 0.623. The van der Waals surface area contributed by atoms with Gasteiger partial charge in [-0.05, 0) is 93.5 Å². The maximum atomic E-state index is 13.2. The van der Waals surface area contributed by atoms with Crippen LogP contribution in [-0.2, 0) is 4.79 Å². The molecule has 0 aliphatic heterocycles. The molecule has 2 aromatic heterocycles. The van der Waals surface area contributed by atoms with E-state index < -0.39 is 0 Å². The number of aromatic nitrogens is 4. The summed E-state index contributed by atoms with van der Waals surface area (Å²) in [4.78, 5) is 17.4. The number of aryl methyl sites for hydroxylation is 1. The minimum absolute atomic E-state index is 0.144. The molecule has 32 heavy (non-hydrogen) atoms. The highest BCUT2D eigenvalue weighted by atomic mass is 16.5. The predicted octanol–water partition coefficient (Wildman–Crippen LogP) is 4.92. The van der Waals surface area contributed by atoms with Crippen LogP contribution >= 0.6 is 0 Å². The molecule has 4 aliphatic rings. The van der Waals surface area contributed by atoms with Crippen LogP contribution in [0.25, 0.3) is 5.82 Å². The molecule has 2 heterocycles. The van der Waals surface area contributed by atoms with E-state index in [1.165, 1.54) is 19.3 Å². The third-order valence-electron chi connectivity index (χ3n) is 7.55. The topological polar surface area (TPSA) is 81.9 Å². The highest BCUT2D eigenvalue weighted by Crippen LogP contribution is 2.60. The largest absolute Gasteiger partial charge is 0.438 e. The highest BCUT2D eigenvalue weighted by Gasteiger charge is 2.54. The molecule has 0 atom stereocenters. The molecule has 4 bridgehead atoms. The van der Waals surface area contributed by atoms with E-state index in [9.17, 15) is 4.79 Å². The molecule has 4 aliphatic carbocycles. The third-order valence-corrected chi connectivity index (χ3v) is 7.55. The van der Waals surface area contributed by atoms with Crippen LogP contribution in [0.5, 0.6) is 11.6 Å². The van der Waals surface area contributed by atoms with E-state index in [1.807, 2.05) is 48.0 Å². The van der Waals surface area contributed by atoms with Crippen molar-refractivity contribution in [1.29, 1.82) is 0 Å². The van der Waals surface area contributed by atoms with E-state index in [2.05, 4.69) is 20.5 Å². The molecule has 0 radical (unpaired) electrons. The SMILES string of the molecule is Cc1nccn1-c1ccc(Oc2ccc(NC(=O)C34CC5CC(CC(C5)C3)C4)cc2)nn1. The van der Waals surface area contributed by atoms with Crippen molar-refractivity contribution >= 4 is 11.6 Å². The molecule has 7 rings (SSSR count). The summed E-state index contributed by atoms with van der Waals surface area (Å²) in [5, 5.41) is 11.6. The van der Waals surface area contributed by atoms with Crippen LogP contribution in [0.15, 0.2) is 48.8 Å². The summed E-state index contributed by atoms with van der Waals surface area (Å²) < 4.78 is 7.69. The molecule has 1 N–H and O–H groups in total. The number of ether oxygens (including phenoxy) is 1. The van der Waals surface area contributed by atoms with Gasteiger partial charge >= 0.3 is 0 Å². The molecular weight excluding hydrogens is 402 g/mol. The Morgan fingerprint density at radius 3 is 2.25 bits per heavy atom. The molecule has 0 unspecified atom stereocenters. The Morgan fingerprint density at radius 2 is 1.69 bits per heavy atom. The van der Waals surface area contributed by atoms with E-state index in [4.69, 9.17) is 4.74 Å². The van der Waals surface area contributed by atoms with Gasteiger partial charge in [-0.3, -0.25) is 9.36 Å². The van der Waals surface area contributed by atoms with Crippen molar-refractivity contribution in [2.24, 2.45) is 23.2 Å². The average molecular weight is 430 g/mol. The minimum atomic E-state index is -0.144. The van der Waals surface area contributed by atoms with E-state index in [-0.39, 0.29) is 11.3 Å². The standard InChI is InChI=1S/C25H27N5O2/c1-16-26-8-9-30(16)22-6-7-23(29-28-22)32-21-4-2-20(3-5-21)27-24(31)25-13-17-10-18(14-25)12-19(11-17)15-25/h2-9,17-19H,10-15H2,1H3,(H,27,31). The second-order valence-corrected chi connectivity index (χ2v) is 9.85. The first-order chi connectivity index (χ1) is 15.6. The Bertz CT molecular complexity index is 1100. The first-order valence-electron chi connectivity index (χ1n) is 11.5. The Kier molecular flexibility index (Phi) is 4.52. The van der Waals surface area contributed by atoms with Crippen molar-refractivity contribution < 1.29 is 9.53 Å². The summed E-state index contributed by atoms with van der Waals surface area (Å²) in [6.07, 6.45) is 10.8. The van der Waals surface area contributed by atoms with Gasteiger partial charge in [0, 0.05) is 24.1 Å². The maximum Gasteiger partial charge on any atom is 0.238 e. The Hall–Kier alpha value is -3.22. The smallest absolute Gasteiger partial charge is 0.238 e. The molecule has 3 aromatic rings. The summed E-state index contributed by atoms with van der Waals surface area (Å²) in [6.45, 7) is 1.91. The third kappa shape index (κ3) is 3.45. The number of nitrogens with zero attached hydrogens (tertiary/aromatic N) is 4. The van der Waals surface area contributed by atoms with Crippen molar-refractivity contribution in [1.82, 2.24) is 19.7 Å². The molecule has 7 nitrogen and oxygen atoms in total. The number of anilines is 1. The molecule has 164 valence electrons. The molecule has 4 saturated carbocycles. The van der Waals surface area contributed by atoms with Crippen molar-refractivity contribution in [2.75, 3.05) is 5.32 Å². The molecule has 0 spiro atoms. The van der Waals surface area contributed by atoms with Crippen LogP contribution in [-0.4, -0.2) is 25.7 Å². The van der Waals surface area contributed by atoms with Gasteiger partial charge in [0.25, 0.3) is 0 Å².